The van der Waals surface area contributed by atoms with Crippen molar-refractivity contribution >= 4 is 0 Å². The maximum Gasteiger partial charge on any atom is 0.433 e. The van der Waals surface area contributed by atoms with Gasteiger partial charge in [0.15, 0.2) is 11.5 Å². The normalized spacial score (nSPS) is 11.7. The van der Waals surface area contributed by atoms with Crippen LogP contribution >= 0.6 is 0 Å². The van der Waals surface area contributed by atoms with Gasteiger partial charge in [0, 0.05) is 11.1 Å². The highest BCUT2D eigenvalue weighted by Crippen LogP contribution is 2.33. The predicted molar refractivity (Wildman–Crippen MR) is 122 cm³/mol. The quantitative estimate of drug-likeness (QED) is 0.293. The summed E-state index contributed by atoms with van der Waals surface area (Å²) in [5, 5.41) is 4.62. The van der Waals surface area contributed by atoms with Crippen molar-refractivity contribution in [3.63, 3.8) is 0 Å². The van der Waals surface area contributed by atoms with Gasteiger partial charge in [0.2, 0.25) is 0 Å². The minimum absolute atomic E-state index is 0.0181. The van der Waals surface area contributed by atoms with Crippen LogP contribution in [0, 0.1) is 13.8 Å². The third kappa shape index (κ3) is 4.22. The molecule has 2 aromatic carbocycles. The molecule has 5 nitrogen and oxygen atoms in total. The summed E-state index contributed by atoms with van der Waals surface area (Å²) in [5.74, 6) is 0.00658. The Bertz CT molecular complexity index is 1440. The monoisotopic (exact) mass is 460 g/mol. The molecular formula is C26H19F3N4O. The van der Waals surface area contributed by atoms with Crippen LogP contribution in [0.1, 0.15) is 16.8 Å². The third-order valence-electron chi connectivity index (χ3n) is 5.37. The number of halogens is 3. The van der Waals surface area contributed by atoms with Crippen molar-refractivity contribution in [3.05, 3.63) is 95.9 Å². The molecule has 0 radical (unpaired) electrons. The fourth-order valence-corrected chi connectivity index (χ4v) is 3.55. The maximum absolute atomic E-state index is 13.7. The molecule has 5 aromatic rings. The van der Waals surface area contributed by atoms with Crippen molar-refractivity contribution in [1.29, 1.82) is 0 Å². The molecule has 0 aliphatic rings. The van der Waals surface area contributed by atoms with Gasteiger partial charge < -0.3 is 4.42 Å². The number of hydrogen-bond donors (Lipinski definition) is 0. The maximum atomic E-state index is 13.7. The minimum Gasteiger partial charge on any atom is -0.463 e. The van der Waals surface area contributed by atoms with Crippen molar-refractivity contribution in [1.82, 2.24) is 19.7 Å². The largest absolute Gasteiger partial charge is 0.463 e. The van der Waals surface area contributed by atoms with Gasteiger partial charge in [-0.3, -0.25) is 0 Å². The average Bonchev–Trinajstić information content (AvgIpc) is 3.50. The molecule has 0 unspecified atom stereocenters. The Morgan fingerprint density at radius 2 is 1.41 bits per heavy atom. The van der Waals surface area contributed by atoms with E-state index >= 15 is 0 Å². The first-order chi connectivity index (χ1) is 16.3. The van der Waals surface area contributed by atoms with Gasteiger partial charge in [0.1, 0.15) is 5.69 Å². The minimum atomic E-state index is -4.67. The number of rotatable bonds is 4. The van der Waals surface area contributed by atoms with E-state index in [4.69, 9.17) is 4.42 Å². The Labute approximate surface area is 193 Å². The number of alkyl halides is 3. The van der Waals surface area contributed by atoms with Crippen molar-refractivity contribution in [2.75, 3.05) is 0 Å². The van der Waals surface area contributed by atoms with Crippen LogP contribution in [0.2, 0.25) is 0 Å². The SMILES string of the molecule is Cc1ccc(-c2cc(-c3ccc(C)cc3)n(-c3nc(-c4ccco4)cc(C(F)(F)F)n3)n2)cc1. The molecule has 0 amide bonds. The summed E-state index contributed by atoms with van der Waals surface area (Å²) in [6, 6.07) is 21.2. The molecule has 0 atom stereocenters. The lowest BCUT2D eigenvalue weighted by molar-refractivity contribution is -0.141. The molecule has 0 bridgehead atoms. The van der Waals surface area contributed by atoms with Crippen LogP contribution in [0.5, 0.6) is 0 Å². The standard InChI is InChI=1S/C26H19F3N4O/c1-16-5-9-18(10-6-16)20-14-22(19-11-7-17(2)8-12-19)33(32-20)25-30-21(23-4-3-13-34-23)15-24(31-25)26(27,28)29/h3-15H,1-2H3. The highest BCUT2D eigenvalue weighted by molar-refractivity contribution is 5.70. The van der Waals surface area contributed by atoms with Crippen molar-refractivity contribution < 1.29 is 17.6 Å². The molecule has 0 aliphatic carbocycles. The Balaban J connectivity index is 1.74. The molecule has 0 N–H and O–H groups in total. The fourth-order valence-electron chi connectivity index (χ4n) is 3.55. The molecular weight excluding hydrogens is 441 g/mol. The van der Waals surface area contributed by atoms with E-state index in [-0.39, 0.29) is 17.4 Å². The second-order valence-corrected chi connectivity index (χ2v) is 7.97. The zero-order valence-corrected chi connectivity index (χ0v) is 18.3. The number of aromatic nitrogens is 4. The molecule has 170 valence electrons. The molecule has 3 heterocycles. The highest BCUT2D eigenvalue weighted by atomic mass is 19.4. The van der Waals surface area contributed by atoms with E-state index in [1.54, 1.807) is 12.1 Å². The number of furan rings is 1. The lowest BCUT2D eigenvalue weighted by atomic mass is 10.1. The van der Waals surface area contributed by atoms with Crippen LogP contribution in [0.3, 0.4) is 0 Å². The van der Waals surface area contributed by atoms with Crippen LogP contribution in [0.25, 0.3) is 39.9 Å². The summed E-state index contributed by atoms with van der Waals surface area (Å²) in [6.07, 6.45) is -3.29. The molecule has 0 aliphatic heterocycles. The molecule has 34 heavy (non-hydrogen) atoms. The molecule has 3 aromatic heterocycles. The zero-order chi connectivity index (χ0) is 23.9. The first-order valence-corrected chi connectivity index (χ1v) is 10.5. The molecule has 0 saturated carbocycles. The van der Waals surface area contributed by atoms with E-state index in [9.17, 15) is 13.2 Å². The smallest absolute Gasteiger partial charge is 0.433 e. The van der Waals surface area contributed by atoms with Crippen LogP contribution < -0.4 is 0 Å². The fraction of sp³-hybridized carbons (Fsp3) is 0.115. The topological polar surface area (TPSA) is 56.7 Å². The summed E-state index contributed by atoms with van der Waals surface area (Å²) in [4.78, 5) is 8.21. The number of benzene rings is 2. The Morgan fingerprint density at radius 1 is 0.765 bits per heavy atom. The Hall–Kier alpha value is -4.20. The van der Waals surface area contributed by atoms with Gasteiger partial charge in [-0.1, -0.05) is 59.7 Å². The molecule has 0 fully saturated rings. The van der Waals surface area contributed by atoms with E-state index in [0.717, 1.165) is 28.3 Å². The third-order valence-corrected chi connectivity index (χ3v) is 5.37. The number of aryl methyl sites for hydroxylation is 2. The Morgan fingerprint density at radius 3 is 2.00 bits per heavy atom. The number of hydrogen-bond acceptors (Lipinski definition) is 4. The first-order valence-electron chi connectivity index (χ1n) is 10.5. The lowest BCUT2D eigenvalue weighted by Crippen LogP contribution is -2.14. The average molecular weight is 460 g/mol. The van der Waals surface area contributed by atoms with Crippen LogP contribution in [0.4, 0.5) is 13.2 Å². The molecule has 0 spiro atoms. The van der Waals surface area contributed by atoms with Gasteiger partial charge >= 0.3 is 6.18 Å². The summed E-state index contributed by atoms with van der Waals surface area (Å²) < 4.78 is 47.8. The van der Waals surface area contributed by atoms with Gasteiger partial charge in [-0.2, -0.15) is 23.0 Å². The van der Waals surface area contributed by atoms with Crippen LogP contribution in [-0.4, -0.2) is 19.7 Å². The van der Waals surface area contributed by atoms with Crippen LogP contribution in [-0.2, 0) is 6.18 Å². The summed E-state index contributed by atoms with van der Waals surface area (Å²) in [5.41, 5.74) is 3.86. The van der Waals surface area contributed by atoms with Gasteiger partial charge in [0.05, 0.1) is 17.7 Å². The van der Waals surface area contributed by atoms with Crippen molar-refractivity contribution in [2.45, 2.75) is 20.0 Å². The zero-order valence-electron chi connectivity index (χ0n) is 18.3. The second kappa shape index (κ2) is 8.30. The summed E-state index contributed by atoms with van der Waals surface area (Å²) in [6.45, 7) is 3.94. The molecule has 0 saturated heterocycles. The van der Waals surface area contributed by atoms with E-state index in [0.29, 0.717) is 11.4 Å². The highest BCUT2D eigenvalue weighted by Gasteiger charge is 2.34. The van der Waals surface area contributed by atoms with Gasteiger partial charge in [0.25, 0.3) is 5.95 Å². The van der Waals surface area contributed by atoms with Crippen LogP contribution in [0.15, 0.2) is 83.5 Å². The van der Waals surface area contributed by atoms with E-state index in [1.807, 2.05) is 68.4 Å². The van der Waals surface area contributed by atoms with Crippen molar-refractivity contribution in [2.24, 2.45) is 0 Å². The van der Waals surface area contributed by atoms with Gasteiger partial charge in [-0.05, 0) is 38.1 Å². The Kier molecular flexibility index (Phi) is 5.28. The lowest BCUT2D eigenvalue weighted by Gasteiger charge is -2.11. The van der Waals surface area contributed by atoms with Crippen molar-refractivity contribution in [3.8, 4) is 39.9 Å². The van der Waals surface area contributed by atoms with E-state index < -0.39 is 11.9 Å². The number of nitrogens with zero attached hydrogens (tertiary/aromatic N) is 4. The van der Waals surface area contributed by atoms with Gasteiger partial charge in [-0.25, -0.2) is 9.97 Å². The van der Waals surface area contributed by atoms with E-state index in [2.05, 4.69) is 15.1 Å². The van der Waals surface area contributed by atoms with E-state index in [1.165, 1.54) is 10.9 Å². The summed E-state index contributed by atoms with van der Waals surface area (Å²) >= 11 is 0. The predicted octanol–water partition coefficient (Wildman–Crippen LogP) is 6.89. The summed E-state index contributed by atoms with van der Waals surface area (Å²) in [7, 11) is 0. The molecule has 8 heteroatoms. The second-order valence-electron chi connectivity index (χ2n) is 7.97. The van der Waals surface area contributed by atoms with Gasteiger partial charge in [-0.15, -0.1) is 0 Å². The molecule has 5 rings (SSSR count). The first kappa shape index (κ1) is 21.6.